The highest BCUT2D eigenvalue weighted by molar-refractivity contribution is 7.89. The Morgan fingerprint density at radius 3 is 2.24 bits per heavy atom. The van der Waals surface area contributed by atoms with Gasteiger partial charge in [-0.2, -0.15) is 4.31 Å². The van der Waals surface area contributed by atoms with Crippen LogP contribution < -0.4 is 5.32 Å². The van der Waals surface area contributed by atoms with E-state index in [4.69, 9.17) is 11.6 Å². The van der Waals surface area contributed by atoms with Crippen molar-refractivity contribution < 1.29 is 13.2 Å². The third kappa shape index (κ3) is 3.51. The van der Waals surface area contributed by atoms with E-state index in [2.05, 4.69) is 5.32 Å². The number of hydrogen-bond donors (Lipinski definition) is 1. The maximum absolute atomic E-state index is 13.2. The molecule has 0 spiro atoms. The molecule has 0 aromatic heterocycles. The van der Waals surface area contributed by atoms with E-state index in [-0.39, 0.29) is 22.3 Å². The average molecular weight is 437 g/mol. The van der Waals surface area contributed by atoms with Gasteiger partial charge in [0.15, 0.2) is 0 Å². The van der Waals surface area contributed by atoms with E-state index < -0.39 is 10.0 Å². The molecule has 4 bridgehead atoms. The van der Waals surface area contributed by atoms with E-state index in [0.29, 0.717) is 18.1 Å². The Labute approximate surface area is 178 Å². The van der Waals surface area contributed by atoms with Crippen LogP contribution in [0, 0.1) is 23.2 Å². The van der Waals surface area contributed by atoms with Crippen LogP contribution in [0.15, 0.2) is 29.2 Å². The molecular weight excluding hydrogens is 408 g/mol. The normalized spacial score (nSPS) is 36.4. The van der Waals surface area contributed by atoms with Gasteiger partial charge in [0.05, 0.1) is 4.90 Å². The van der Waals surface area contributed by atoms with Crippen molar-refractivity contribution in [3.05, 3.63) is 29.3 Å². The molecule has 4 saturated carbocycles. The number of nitrogens with one attached hydrogen (secondary N) is 1. The van der Waals surface area contributed by atoms with Crippen molar-refractivity contribution in [1.82, 2.24) is 9.62 Å². The van der Waals surface area contributed by atoms with Gasteiger partial charge in [-0.1, -0.05) is 11.6 Å². The Bertz CT molecular complexity index is 864. The van der Waals surface area contributed by atoms with Crippen molar-refractivity contribution in [3.8, 4) is 0 Å². The summed E-state index contributed by atoms with van der Waals surface area (Å²) in [5, 5.41) is 3.70. The van der Waals surface area contributed by atoms with Gasteiger partial charge in [-0.25, -0.2) is 8.42 Å². The number of carbonyl (C=O) groups is 1. The molecule has 1 aliphatic heterocycles. The number of benzene rings is 1. The van der Waals surface area contributed by atoms with E-state index in [1.165, 1.54) is 19.3 Å². The number of sulfonamides is 1. The summed E-state index contributed by atoms with van der Waals surface area (Å²) in [6.07, 6.45) is 8.62. The highest BCUT2D eigenvalue weighted by Gasteiger charge is 2.54. The minimum Gasteiger partial charge on any atom is -0.354 e. The molecule has 7 heteroatoms. The van der Waals surface area contributed by atoms with Crippen molar-refractivity contribution in [2.75, 3.05) is 13.1 Å². The molecule has 0 unspecified atom stereocenters. The fourth-order valence-corrected chi connectivity index (χ4v) is 8.68. The quantitative estimate of drug-likeness (QED) is 0.762. The molecule has 1 N–H and O–H groups in total. The predicted octanol–water partition coefficient (Wildman–Crippen LogP) is 3.83. The molecule has 0 radical (unpaired) electrons. The smallest absolute Gasteiger partial charge is 0.243 e. The Morgan fingerprint density at radius 2 is 1.66 bits per heavy atom. The van der Waals surface area contributed by atoms with Crippen LogP contribution in [0.3, 0.4) is 0 Å². The summed E-state index contributed by atoms with van der Waals surface area (Å²) in [6.45, 7) is 0.913. The molecule has 1 aromatic rings. The molecule has 1 aromatic carbocycles. The van der Waals surface area contributed by atoms with E-state index in [1.54, 1.807) is 28.6 Å². The largest absolute Gasteiger partial charge is 0.354 e. The summed E-state index contributed by atoms with van der Waals surface area (Å²) in [5.41, 5.74) is -0.187. The monoisotopic (exact) mass is 436 g/mol. The molecule has 5 nitrogen and oxygen atoms in total. The molecular formula is C22H29ClN2O3S. The van der Waals surface area contributed by atoms with Crippen LogP contribution in [-0.2, 0) is 14.8 Å². The summed E-state index contributed by atoms with van der Waals surface area (Å²) in [7, 11) is -3.57. The fraction of sp³-hybridized carbons (Fsp3) is 0.682. The molecule has 158 valence electrons. The second-order valence-electron chi connectivity index (χ2n) is 9.77. The van der Waals surface area contributed by atoms with Crippen molar-refractivity contribution in [3.63, 3.8) is 0 Å². The standard InChI is InChI=1S/C22H29ClN2O3S/c23-18-3-5-20(6-4-18)29(27,28)25-7-1-2-19(25)14-24-21(26)22-11-15-8-16(12-22)10-17(9-15)13-22/h3-6,15-17,19H,1-2,7-14H2,(H,24,26)/t15?,16?,17?,19-,22?/m1/s1. The van der Waals surface area contributed by atoms with Crippen LogP contribution in [0.1, 0.15) is 51.4 Å². The van der Waals surface area contributed by atoms with Crippen molar-refractivity contribution in [2.45, 2.75) is 62.3 Å². The van der Waals surface area contributed by atoms with E-state index >= 15 is 0 Å². The van der Waals surface area contributed by atoms with Crippen LogP contribution in [-0.4, -0.2) is 37.8 Å². The number of carbonyl (C=O) groups excluding carboxylic acids is 1. The van der Waals surface area contributed by atoms with E-state index in [1.807, 2.05) is 0 Å². The molecule has 29 heavy (non-hydrogen) atoms. The summed E-state index contributed by atoms with van der Waals surface area (Å²) < 4.78 is 27.8. The highest BCUT2D eigenvalue weighted by Crippen LogP contribution is 2.60. The van der Waals surface area contributed by atoms with E-state index in [9.17, 15) is 13.2 Å². The number of rotatable bonds is 5. The number of nitrogens with zero attached hydrogens (tertiary/aromatic N) is 1. The Morgan fingerprint density at radius 1 is 1.07 bits per heavy atom. The fourth-order valence-electron chi connectivity index (χ4n) is 6.86. The van der Waals surface area contributed by atoms with Crippen molar-refractivity contribution in [1.29, 1.82) is 0 Å². The third-order valence-electron chi connectivity index (χ3n) is 7.76. The van der Waals surface area contributed by atoms with Gasteiger partial charge in [-0.15, -0.1) is 0 Å². The Balaban J connectivity index is 1.27. The zero-order valence-electron chi connectivity index (χ0n) is 16.6. The second-order valence-corrected chi connectivity index (χ2v) is 12.1. The molecule has 5 aliphatic rings. The lowest BCUT2D eigenvalue weighted by Gasteiger charge is -2.55. The van der Waals surface area contributed by atoms with Crippen molar-refractivity contribution >= 4 is 27.5 Å². The average Bonchev–Trinajstić information content (AvgIpc) is 3.15. The Kier molecular flexibility index (Phi) is 4.95. The maximum atomic E-state index is 13.2. The predicted molar refractivity (Wildman–Crippen MR) is 112 cm³/mol. The van der Waals surface area contributed by atoms with Crippen LogP contribution in [0.25, 0.3) is 0 Å². The number of hydrogen-bond acceptors (Lipinski definition) is 3. The third-order valence-corrected chi connectivity index (χ3v) is 9.98. The summed E-state index contributed by atoms with van der Waals surface area (Å²) in [6, 6.07) is 6.15. The Hall–Kier alpha value is -1.11. The van der Waals surface area contributed by atoms with Gasteiger partial charge < -0.3 is 5.32 Å². The minimum absolute atomic E-state index is 0.173. The first kappa shape index (κ1) is 19.8. The zero-order valence-corrected chi connectivity index (χ0v) is 18.2. The molecule has 1 saturated heterocycles. The first-order valence-corrected chi connectivity index (χ1v) is 12.7. The SMILES string of the molecule is O=C(NC[C@H]1CCCN1S(=O)(=O)c1ccc(Cl)cc1)C12CC3CC(CC(C3)C1)C2. The summed E-state index contributed by atoms with van der Waals surface area (Å²) >= 11 is 5.91. The first-order valence-electron chi connectivity index (χ1n) is 10.9. The van der Waals surface area contributed by atoms with E-state index in [0.717, 1.165) is 49.9 Å². The van der Waals surface area contributed by atoms with Crippen LogP contribution >= 0.6 is 11.6 Å². The minimum atomic E-state index is -3.57. The topological polar surface area (TPSA) is 66.5 Å². The first-order chi connectivity index (χ1) is 13.9. The molecule has 6 rings (SSSR count). The van der Waals surface area contributed by atoms with Gasteiger partial charge in [0, 0.05) is 29.6 Å². The molecule has 5 fully saturated rings. The van der Waals surface area contributed by atoms with Gasteiger partial charge in [-0.05, 0) is 93.4 Å². The number of amides is 1. The molecule has 1 atom stereocenters. The van der Waals surface area contributed by atoms with Gasteiger partial charge in [0.1, 0.15) is 0 Å². The second kappa shape index (κ2) is 7.24. The van der Waals surface area contributed by atoms with Crippen LogP contribution in [0.2, 0.25) is 5.02 Å². The van der Waals surface area contributed by atoms with Crippen LogP contribution in [0.5, 0.6) is 0 Å². The van der Waals surface area contributed by atoms with Crippen molar-refractivity contribution in [2.24, 2.45) is 23.2 Å². The lowest BCUT2D eigenvalue weighted by molar-refractivity contribution is -0.146. The molecule has 1 amide bonds. The summed E-state index contributed by atoms with van der Waals surface area (Å²) in [5.74, 6) is 2.34. The molecule has 1 heterocycles. The highest BCUT2D eigenvalue weighted by atomic mass is 35.5. The lowest BCUT2D eigenvalue weighted by Crippen LogP contribution is -2.55. The van der Waals surface area contributed by atoms with Gasteiger partial charge in [-0.3, -0.25) is 4.79 Å². The summed E-state index contributed by atoms with van der Waals surface area (Å²) in [4.78, 5) is 13.5. The van der Waals surface area contributed by atoms with Gasteiger partial charge >= 0.3 is 0 Å². The molecule has 4 aliphatic carbocycles. The van der Waals surface area contributed by atoms with Gasteiger partial charge in [0.2, 0.25) is 15.9 Å². The maximum Gasteiger partial charge on any atom is 0.243 e. The zero-order chi connectivity index (χ0) is 20.2. The lowest BCUT2D eigenvalue weighted by atomic mass is 9.49. The van der Waals surface area contributed by atoms with Gasteiger partial charge in [0.25, 0.3) is 0 Å². The number of halogens is 1. The van der Waals surface area contributed by atoms with Crippen LogP contribution in [0.4, 0.5) is 0 Å².